The van der Waals surface area contributed by atoms with Gasteiger partial charge in [0, 0.05) is 44.2 Å². The molecule has 1 aliphatic heterocycles. The summed E-state index contributed by atoms with van der Waals surface area (Å²) in [5, 5.41) is 19.7. The van der Waals surface area contributed by atoms with Crippen molar-refractivity contribution in [2.45, 2.75) is 19.3 Å². The minimum absolute atomic E-state index is 0.0486. The Morgan fingerprint density at radius 3 is 2.95 bits per heavy atom. The normalized spacial score (nSPS) is 18.2. The Bertz CT molecular complexity index is 504. The predicted octanol–water partition coefficient (Wildman–Crippen LogP) is 1.37. The third-order valence-electron chi connectivity index (χ3n) is 3.65. The number of aliphatic hydroxyl groups excluding tert-OH is 1. The fraction of sp³-hybridized carbons (Fsp3) is 0.500. The Morgan fingerprint density at radius 1 is 1.50 bits per heavy atom. The van der Waals surface area contributed by atoms with Gasteiger partial charge in [0.25, 0.3) is 5.69 Å². The molecule has 1 atom stereocenters. The summed E-state index contributed by atoms with van der Waals surface area (Å²) in [7, 11) is 0. The SMILES string of the molecule is O=C(CCc1cccc([N+](=O)[O-])c1)N1CC[C@H](CO)C1. The molecule has 0 saturated carbocycles. The van der Waals surface area contributed by atoms with Crippen LogP contribution in [0.3, 0.4) is 0 Å². The van der Waals surface area contributed by atoms with Crippen LogP contribution in [0.15, 0.2) is 24.3 Å². The predicted molar refractivity (Wildman–Crippen MR) is 73.2 cm³/mol. The second kappa shape index (κ2) is 6.47. The summed E-state index contributed by atoms with van der Waals surface area (Å²) in [5.74, 6) is 0.240. The molecule has 0 unspecified atom stereocenters. The van der Waals surface area contributed by atoms with Gasteiger partial charge in [0.1, 0.15) is 0 Å². The molecule has 2 rings (SSSR count). The lowest BCUT2D eigenvalue weighted by atomic mass is 10.1. The summed E-state index contributed by atoms with van der Waals surface area (Å²) in [6, 6.07) is 6.38. The van der Waals surface area contributed by atoms with Crippen LogP contribution < -0.4 is 0 Å². The zero-order valence-corrected chi connectivity index (χ0v) is 11.2. The molecule has 0 bridgehead atoms. The minimum Gasteiger partial charge on any atom is -0.396 e. The molecule has 1 fully saturated rings. The molecular formula is C14H18N2O4. The van der Waals surface area contributed by atoms with Crippen LogP contribution in [0.1, 0.15) is 18.4 Å². The van der Waals surface area contributed by atoms with Crippen LogP contribution >= 0.6 is 0 Å². The van der Waals surface area contributed by atoms with Crippen molar-refractivity contribution in [3.05, 3.63) is 39.9 Å². The Kier molecular flexibility index (Phi) is 4.68. The number of amides is 1. The number of benzene rings is 1. The Labute approximate surface area is 117 Å². The molecule has 1 aliphatic rings. The molecule has 1 N–H and O–H groups in total. The second-order valence-corrected chi connectivity index (χ2v) is 5.10. The second-order valence-electron chi connectivity index (χ2n) is 5.10. The number of aliphatic hydroxyl groups is 1. The van der Waals surface area contributed by atoms with E-state index < -0.39 is 4.92 Å². The van der Waals surface area contributed by atoms with Gasteiger partial charge < -0.3 is 10.0 Å². The van der Waals surface area contributed by atoms with Crippen LogP contribution in [0.4, 0.5) is 5.69 Å². The monoisotopic (exact) mass is 278 g/mol. The smallest absolute Gasteiger partial charge is 0.269 e. The van der Waals surface area contributed by atoms with E-state index in [0.29, 0.717) is 25.9 Å². The largest absolute Gasteiger partial charge is 0.396 e. The first-order valence-electron chi connectivity index (χ1n) is 6.72. The van der Waals surface area contributed by atoms with Gasteiger partial charge in [-0.15, -0.1) is 0 Å². The molecule has 0 spiro atoms. The third-order valence-corrected chi connectivity index (χ3v) is 3.65. The molecule has 1 aromatic rings. The highest BCUT2D eigenvalue weighted by Crippen LogP contribution is 2.18. The van der Waals surface area contributed by atoms with E-state index in [1.807, 2.05) is 0 Å². The lowest BCUT2D eigenvalue weighted by Crippen LogP contribution is -2.29. The zero-order chi connectivity index (χ0) is 14.5. The van der Waals surface area contributed by atoms with E-state index in [9.17, 15) is 14.9 Å². The number of carbonyl (C=O) groups is 1. The highest BCUT2D eigenvalue weighted by molar-refractivity contribution is 5.76. The van der Waals surface area contributed by atoms with Gasteiger partial charge in [-0.3, -0.25) is 14.9 Å². The van der Waals surface area contributed by atoms with E-state index in [4.69, 9.17) is 5.11 Å². The highest BCUT2D eigenvalue weighted by Gasteiger charge is 2.25. The molecule has 1 heterocycles. The van der Waals surface area contributed by atoms with E-state index >= 15 is 0 Å². The van der Waals surface area contributed by atoms with Gasteiger partial charge in [-0.25, -0.2) is 0 Å². The van der Waals surface area contributed by atoms with E-state index in [0.717, 1.165) is 12.0 Å². The number of non-ortho nitro benzene ring substituents is 1. The summed E-state index contributed by atoms with van der Waals surface area (Å²) in [6.07, 6.45) is 1.69. The third kappa shape index (κ3) is 3.54. The number of nitro groups is 1. The summed E-state index contributed by atoms with van der Waals surface area (Å²) >= 11 is 0. The summed E-state index contributed by atoms with van der Waals surface area (Å²) in [6.45, 7) is 1.43. The van der Waals surface area contributed by atoms with Crippen LogP contribution in [-0.2, 0) is 11.2 Å². The van der Waals surface area contributed by atoms with Gasteiger partial charge in [-0.2, -0.15) is 0 Å². The van der Waals surface area contributed by atoms with Gasteiger partial charge in [-0.1, -0.05) is 12.1 Å². The highest BCUT2D eigenvalue weighted by atomic mass is 16.6. The fourth-order valence-electron chi connectivity index (χ4n) is 2.44. The molecule has 0 aliphatic carbocycles. The summed E-state index contributed by atoms with van der Waals surface area (Å²) in [4.78, 5) is 24.0. The van der Waals surface area contributed by atoms with Crippen molar-refractivity contribution in [1.29, 1.82) is 0 Å². The van der Waals surface area contributed by atoms with Crippen molar-refractivity contribution in [3.8, 4) is 0 Å². The van der Waals surface area contributed by atoms with Crippen LogP contribution in [0.5, 0.6) is 0 Å². The number of nitro benzene ring substituents is 1. The average molecular weight is 278 g/mol. The molecule has 6 heteroatoms. The van der Waals surface area contributed by atoms with Crippen molar-refractivity contribution in [3.63, 3.8) is 0 Å². The number of hydrogen-bond acceptors (Lipinski definition) is 4. The van der Waals surface area contributed by atoms with Gasteiger partial charge in [0.05, 0.1) is 4.92 Å². The number of rotatable bonds is 5. The first-order chi connectivity index (χ1) is 9.60. The molecule has 6 nitrogen and oxygen atoms in total. The molecule has 1 saturated heterocycles. The van der Waals surface area contributed by atoms with E-state index in [1.165, 1.54) is 12.1 Å². The van der Waals surface area contributed by atoms with Crippen molar-refractivity contribution in [2.75, 3.05) is 19.7 Å². The molecule has 20 heavy (non-hydrogen) atoms. The zero-order valence-electron chi connectivity index (χ0n) is 11.2. The molecular weight excluding hydrogens is 260 g/mol. The first-order valence-corrected chi connectivity index (χ1v) is 6.72. The van der Waals surface area contributed by atoms with Gasteiger partial charge in [0.15, 0.2) is 0 Å². The van der Waals surface area contributed by atoms with E-state index in [2.05, 4.69) is 0 Å². The number of hydrogen-bond donors (Lipinski definition) is 1. The lowest BCUT2D eigenvalue weighted by molar-refractivity contribution is -0.384. The maximum atomic E-state index is 12.0. The minimum atomic E-state index is -0.433. The number of carbonyl (C=O) groups excluding carboxylic acids is 1. The van der Waals surface area contributed by atoms with E-state index in [-0.39, 0.29) is 24.1 Å². The van der Waals surface area contributed by atoms with Gasteiger partial charge in [-0.05, 0) is 18.4 Å². The van der Waals surface area contributed by atoms with Crippen LogP contribution in [0, 0.1) is 16.0 Å². The molecule has 0 aromatic heterocycles. The maximum Gasteiger partial charge on any atom is 0.269 e. The standard InChI is InChI=1S/C14H18N2O4/c17-10-12-6-7-15(9-12)14(18)5-4-11-2-1-3-13(8-11)16(19)20/h1-3,8,12,17H,4-7,9-10H2/t12-/m0/s1. The lowest BCUT2D eigenvalue weighted by Gasteiger charge is -2.16. The Hall–Kier alpha value is -1.95. The van der Waals surface area contributed by atoms with E-state index in [1.54, 1.807) is 17.0 Å². The van der Waals surface area contributed by atoms with Crippen molar-refractivity contribution < 1.29 is 14.8 Å². The first kappa shape index (κ1) is 14.5. The molecule has 1 amide bonds. The summed E-state index contributed by atoms with van der Waals surface area (Å²) in [5.41, 5.74) is 0.849. The topological polar surface area (TPSA) is 83.7 Å². The van der Waals surface area contributed by atoms with Crippen molar-refractivity contribution >= 4 is 11.6 Å². The van der Waals surface area contributed by atoms with Crippen LogP contribution in [-0.4, -0.2) is 40.5 Å². The number of nitrogens with zero attached hydrogens (tertiary/aromatic N) is 2. The number of aryl methyl sites for hydroxylation is 1. The van der Waals surface area contributed by atoms with Gasteiger partial charge >= 0.3 is 0 Å². The Balaban J connectivity index is 1.87. The van der Waals surface area contributed by atoms with Crippen LogP contribution in [0.25, 0.3) is 0 Å². The number of likely N-dealkylation sites (tertiary alicyclic amines) is 1. The summed E-state index contributed by atoms with van der Waals surface area (Å²) < 4.78 is 0. The van der Waals surface area contributed by atoms with Gasteiger partial charge in [0.2, 0.25) is 5.91 Å². The molecule has 0 radical (unpaired) electrons. The quantitative estimate of drug-likeness (QED) is 0.651. The average Bonchev–Trinajstić information content (AvgIpc) is 2.94. The van der Waals surface area contributed by atoms with Crippen LogP contribution in [0.2, 0.25) is 0 Å². The Morgan fingerprint density at radius 2 is 2.30 bits per heavy atom. The van der Waals surface area contributed by atoms with Crippen molar-refractivity contribution in [1.82, 2.24) is 4.90 Å². The fourth-order valence-corrected chi connectivity index (χ4v) is 2.44. The maximum absolute atomic E-state index is 12.0. The molecule has 1 aromatic carbocycles. The van der Waals surface area contributed by atoms with Crippen molar-refractivity contribution in [2.24, 2.45) is 5.92 Å². The molecule has 108 valence electrons.